The Morgan fingerprint density at radius 1 is 1.48 bits per heavy atom. The van der Waals surface area contributed by atoms with Gasteiger partial charge in [-0.2, -0.15) is 0 Å². The first-order chi connectivity index (χ1) is 9.91. The van der Waals surface area contributed by atoms with E-state index < -0.39 is 0 Å². The first-order valence-corrected chi connectivity index (χ1v) is 8.09. The van der Waals surface area contributed by atoms with Gasteiger partial charge in [0.2, 0.25) is 5.91 Å². The first kappa shape index (κ1) is 18.4. The van der Waals surface area contributed by atoms with Gasteiger partial charge in [0.1, 0.15) is 0 Å². The third kappa shape index (κ3) is 5.57. The number of nitrogens with zero attached hydrogens (tertiary/aromatic N) is 1. The van der Waals surface area contributed by atoms with E-state index in [1.54, 1.807) is 7.11 Å². The maximum absolute atomic E-state index is 12.0. The average molecular weight is 299 g/mol. The lowest BCUT2D eigenvalue weighted by Gasteiger charge is -2.46. The minimum absolute atomic E-state index is 0.0461. The van der Waals surface area contributed by atoms with Crippen molar-refractivity contribution in [3.05, 3.63) is 0 Å². The lowest BCUT2D eigenvalue weighted by molar-refractivity contribution is -0.123. The number of methoxy groups -OCH3 is 1. The van der Waals surface area contributed by atoms with Crippen LogP contribution in [0.2, 0.25) is 0 Å². The van der Waals surface area contributed by atoms with Crippen LogP contribution in [0.15, 0.2) is 0 Å². The molecule has 0 aromatic heterocycles. The van der Waals surface area contributed by atoms with Crippen LogP contribution in [0.3, 0.4) is 0 Å². The fourth-order valence-corrected chi connectivity index (χ4v) is 3.22. The highest BCUT2D eigenvalue weighted by atomic mass is 16.5. The quantitative estimate of drug-likeness (QED) is 0.662. The molecule has 0 radical (unpaired) electrons. The summed E-state index contributed by atoms with van der Waals surface area (Å²) in [7, 11) is 5.95. The van der Waals surface area contributed by atoms with E-state index in [0.29, 0.717) is 13.2 Å². The predicted octanol–water partition coefficient (Wildman–Crippen LogP) is 1.24. The van der Waals surface area contributed by atoms with E-state index in [1.807, 2.05) is 6.92 Å². The van der Waals surface area contributed by atoms with E-state index in [0.717, 1.165) is 12.5 Å². The number of carbonyl (C=O) groups is 1. The van der Waals surface area contributed by atoms with Crippen LogP contribution in [-0.2, 0) is 9.53 Å². The fourth-order valence-electron chi connectivity index (χ4n) is 3.22. The minimum atomic E-state index is -0.170. The van der Waals surface area contributed by atoms with Gasteiger partial charge in [0.15, 0.2) is 0 Å². The van der Waals surface area contributed by atoms with Crippen molar-refractivity contribution in [1.29, 1.82) is 0 Å². The number of ether oxygens (including phenoxy) is 1. The van der Waals surface area contributed by atoms with Gasteiger partial charge in [-0.1, -0.05) is 19.8 Å². The maximum atomic E-state index is 12.0. The van der Waals surface area contributed by atoms with Crippen LogP contribution < -0.4 is 10.6 Å². The second kappa shape index (κ2) is 8.71. The largest absolute Gasteiger partial charge is 0.383 e. The van der Waals surface area contributed by atoms with Crippen molar-refractivity contribution in [3.63, 3.8) is 0 Å². The number of carbonyl (C=O) groups excluding carboxylic acids is 1. The van der Waals surface area contributed by atoms with Gasteiger partial charge in [0.25, 0.3) is 0 Å². The Kier molecular flexibility index (Phi) is 7.63. The third-order valence-corrected chi connectivity index (χ3v) is 4.75. The molecule has 3 atom stereocenters. The molecule has 1 aliphatic rings. The highest BCUT2D eigenvalue weighted by Gasteiger charge is 2.37. The maximum Gasteiger partial charge on any atom is 0.236 e. The zero-order valence-corrected chi connectivity index (χ0v) is 14.4. The van der Waals surface area contributed by atoms with Gasteiger partial charge in [-0.05, 0) is 39.8 Å². The summed E-state index contributed by atoms with van der Waals surface area (Å²) in [5, 5.41) is 6.31. The van der Waals surface area contributed by atoms with E-state index in [-0.39, 0.29) is 17.5 Å². The lowest BCUT2D eigenvalue weighted by Crippen LogP contribution is -2.57. The molecule has 0 aliphatic heterocycles. The van der Waals surface area contributed by atoms with Crippen LogP contribution in [0.4, 0.5) is 0 Å². The molecule has 124 valence electrons. The molecule has 1 fully saturated rings. The number of rotatable bonds is 8. The number of hydrogen-bond acceptors (Lipinski definition) is 4. The van der Waals surface area contributed by atoms with Crippen molar-refractivity contribution < 1.29 is 9.53 Å². The summed E-state index contributed by atoms with van der Waals surface area (Å²) in [4.78, 5) is 14.3. The van der Waals surface area contributed by atoms with Crippen molar-refractivity contribution >= 4 is 5.91 Å². The molecule has 5 heteroatoms. The van der Waals surface area contributed by atoms with Gasteiger partial charge in [-0.3, -0.25) is 4.79 Å². The molecule has 0 aromatic carbocycles. The number of amides is 1. The zero-order chi connectivity index (χ0) is 15.9. The van der Waals surface area contributed by atoms with E-state index in [2.05, 4.69) is 36.6 Å². The van der Waals surface area contributed by atoms with Gasteiger partial charge >= 0.3 is 0 Å². The van der Waals surface area contributed by atoms with Gasteiger partial charge in [0, 0.05) is 25.7 Å². The third-order valence-electron chi connectivity index (χ3n) is 4.75. The van der Waals surface area contributed by atoms with Crippen molar-refractivity contribution in [1.82, 2.24) is 15.5 Å². The summed E-state index contributed by atoms with van der Waals surface area (Å²) >= 11 is 0. The zero-order valence-electron chi connectivity index (χ0n) is 14.4. The standard InChI is InChI=1S/C16H33N3O2/c1-13-7-6-8-16(11-13,19(3)4)12-18-14(2)15(20)17-9-10-21-5/h13-14,18H,6-12H2,1-5H3,(H,17,20). The van der Waals surface area contributed by atoms with Crippen LogP contribution in [0.5, 0.6) is 0 Å². The molecule has 0 heterocycles. The molecule has 0 spiro atoms. The normalized spacial score (nSPS) is 27.6. The summed E-state index contributed by atoms with van der Waals surface area (Å²) in [6.45, 7) is 6.24. The molecule has 1 saturated carbocycles. The van der Waals surface area contributed by atoms with Crippen molar-refractivity contribution in [2.45, 2.75) is 51.1 Å². The smallest absolute Gasteiger partial charge is 0.236 e. The Hall–Kier alpha value is -0.650. The second-order valence-electron chi connectivity index (χ2n) is 6.71. The molecule has 1 amide bonds. The molecule has 2 N–H and O–H groups in total. The Balaban J connectivity index is 2.47. The van der Waals surface area contributed by atoms with E-state index in [9.17, 15) is 4.79 Å². The Morgan fingerprint density at radius 3 is 2.76 bits per heavy atom. The summed E-state index contributed by atoms with van der Waals surface area (Å²) < 4.78 is 4.94. The topological polar surface area (TPSA) is 53.6 Å². The van der Waals surface area contributed by atoms with Crippen LogP contribution in [-0.4, -0.2) is 63.3 Å². The van der Waals surface area contributed by atoms with Crippen molar-refractivity contribution in [2.75, 3.05) is 40.9 Å². The molecule has 1 rings (SSSR count). The average Bonchev–Trinajstić information content (AvgIpc) is 2.44. The van der Waals surface area contributed by atoms with Gasteiger partial charge in [0.05, 0.1) is 12.6 Å². The summed E-state index contributed by atoms with van der Waals surface area (Å²) in [6, 6.07) is -0.170. The fraction of sp³-hybridized carbons (Fsp3) is 0.938. The number of hydrogen-bond donors (Lipinski definition) is 2. The number of likely N-dealkylation sites (N-methyl/N-ethyl adjacent to an activating group) is 1. The summed E-state index contributed by atoms with van der Waals surface area (Å²) in [6.07, 6.45) is 5.00. The minimum Gasteiger partial charge on any atom is -0.383 e. The Labute approximate surface area is 129 Å². The molecule has 21 heavy (non-hydrogen) atoms. The van der Waals surface area contributed by atoms with Crippen LogP contribution in [0.25, 0.3) is 0 Å². The summed E-state index contributed by atoms with van der Waals surface area (Å²) in [5.41, 5.74) is 0.179. The molecular formula is C16H33N3O2. The number of nitrogens with one attached hydrogen (secondary N) is 2. The molecule has 0 bridgehead atoms. The SMILES string of the molecule is COCCNC(=O)C(C)NCC1(N(C)C)CCCC(C)C1. The molecule has 3 unspecified atom stereocenters. The highest BCUT2D eigenvalue weighted by molar-refractivity contribution is 5.81. The monoisotopic (exact) mass is 299 g/mol. The van der Waals surface area contributed by atoms with Gasteiger partial charge in [-0.15, -0.1) is 0 Å². The molecular weight excluding hydrogens is 266 g/mol. The first-order valence-electron chi connectivity index (χ1n) is 8.09. The van der Waals surface area contributed by atoms with Crippen LogP contribution in [0, 0.1) is 5.92 Å². The molecule has 0 saturated heterocycles. The van der Waals surface area contributed by atoms with Crippen molar-refractivity contribution in [3.8, 4) is 0 Å². The Bertz CT molecular complexity index is 323. The van der Waals surface area contributed by atoms with Crippen LogP contribution >= 0.6 is 0 Å². The van der Waals surface area contributed by atoms with Gasteiger partial charge < -0.3 is 20.3 Å². The van der Waals surface area contributed by atoms with Crippen molar-refractivity contribution in [2.24, 2.45) is 5.92 Å². The summed E-state index contributed by atoms with van der Waals surface area (Å²) in [5.74, 6) is 0.804. The van der Waals surface area contributed by atoms with E-state index in [4.69, 9.17) is 4.74 Å². The predicted molar refractivity (Wildman–Crippen MR) is 86.4 cm³/mol. The molecule has 5 nitrogen and oxygen atoms in total. The highest BCUT2D eigenvalue weighted by Crippen LogP contribution is 2.35. The Morgan fingerprint density at radius 2 is 2.19 bits per heavy atom. The van der Waals surface area contributed by atoms with E-state index in [1.165, 1.54) is 25.7 Å². The second-order valence-corrected chi connectivity index (χ2v) is 6.71. The van der Waals surface area contributed by atoms with E-state index >= 15 is 0 Å². The lowest BCUT2D eigenvalue weighted by atomic mass is 9.75. The molecule has 0 aromatic rings. The molecule has 1 aliphatic carbocycles. The van der Waals surface area contributed by atoms with Crippen LogP contribution in [0.1, 0.15) is 39.5 Å². The van der Waals surface area contributed by atoms with Gasteiger partial charge in [-0.25, -0.2) is 0 Å².